The lowest BCUT2D eigenvalue weighted by Crippen LogP contribution is -1.97. The lowest BCUT2D eigenvalue weighted by atomic mass is 10.2. The highest BCUT2D eigenvalue weighted by molar-refractivity contribution is 8.35. The summed E-state index contributed by atoms with van der Waals surface area (Å²) in [6.45, 7) is 0. The Bertz CT molecular complexity index is 386. The molecular formula is C10H13O3PS2. The SMILES string of the molecule is COP(=O)(OC)C(=S)SCc1ccccc1. The third kappa shape index (κ3) is 3.68. The summed E-state index contributed by atoms with van der Waals surface area (Å²) < 4.78 is 21.7. The van der Waals surface area contributed by atoms with Gasteiger partial charge in [-0.25, -0.2) is 0 Å². The minimum atomic E-state index is -3.21. The molecule has 0 fully saturated rings. The van der Waals surface area contributed by atoms with Crippen molar-refractivity contribution in [1.29, 1.82) is 0 Å². The summed E-state index contributed by atoms with van der Waals surface area (Å²) in [5.41, 5.74) is 1.12. The molecule has 0 aliphatic carbocycles. The Balaban J connectivity index is 2.57. The van der Waals surface area contributed by atoms with Gasteiger partial charge in [-0.2, -0.15) is 0 Å². The van der Waals surface area contributed by atoms with Gasteiger partial charge < -0.3 is 9.05 Å². The Morgan fingerprint density at radius 3 is 2.38 bits per heavy atom. The van der Waals surface area contributed by atoms with Crippen molar-refractivity contribution in [2.45, 2.75) is 5.75 Å². The normalized spacial score (nSPS) is 11.4. The van der Waals surface area contributed by atoms with Crippen LogP contribution in [-0.4, -0.2) is 18.2 Å². The second-order valence-electron chi connectivity index (χ2n) is 2.90. The van der Waals surface area contributed by atoms with Gasteiger partial charge in [-0.3, -0.25) is 4.57 Å². The van der Waals surface area contributed by atoms with Crippen LogP contribution in [0.2, 0.25) is 0 Å². The van der Waals surface area contributed by atoms with Crippen molar-refractivity contribution >= 4 is 35.5 Å². The summed E-state index contributed by atoms with van der Waals surface area (Å²) in [5, 5.41) is 0. The van der Waals surface area contributed by atoms with Crippen molar-refractivity contribution in [3.63, 3.8) is 0 Å². The number of hydrogen-bond donors (Lipinski definition) is 0. The van der Waals surface area contributed by atoms with E-state index < -0.39 is 7.60 Å². The Hall–Kier alpha value is -0.190. The first-order valence-electron chi connectivity index (χ1n) is 4.55. The van der Waals surface area contributed by atoms with Crippen LogP contribution in [0.3, 0.4) is 0 Å². The molecule has 0 saturated heterocycles. The predicted molar refractivity (Wildman–Crippen MR) is 72.0 cm³/mol. The fourth-order valence-electron chi connectivity index (χ4n) is 1.02. The molecule has 0 saturated carbocycles. The van der Waals surface area contributed by atoms with Gasteiger partial charge in [0.2, 0.25) is 0 Å². The average molecular weight is 276 g/mol. The number of thioether (sulfide) groups is 1. The summed E-state index contributed by atoms with van der Waals surface area (Å²) in [5.74, 6) is 0.663. The molecule has 0 spiro atoms. The molecule has 1 aromatic rings. The van der Waals surface area contributed by atoms with Crippen LogP contribution < -0.4 is 0 Å². The van der Waals surface area contributed by atoms with Crippen molar-refractivity contribution in [1.82, 2.24) is 0 Å². The fourth-order valence-corrected chi connectivity index (χ4v) is 3.85. The standard InChI is InChI=1S/C10H13O3PS2/c1-12-14(11,13-2)10(15)16-8-9-6-4-3-5-7-9/h3-7H,8H2,1-2H3. The van der Waals surface area contributed by atoms with Gasteiger partial charge in [-0.15, -0.1) is 11.8 Å². The Kier molecular flexibility index (Phi) is 5.66. The molecule has 1 aromatic carbocycles. The average Bonchev–Trinajstić information content (AvgIpc) is 2.36. The van der Waals surface area contributed by atoms with Gasteiger partial charge in [-0.1, -0.05) is 42.5 Å². The highest BCUT2D eigenvalue weighted by Gasteiger charge is 2.28. The molecule has 0 bridgehead atoms. The van der Waals surface area contributed by atoms with E-state index in [1.807, 2.05) is 30.3 Å². The first-order valence-corrected chi connectivity index (χ1v) is 7.49. The topological polar surface area (TPSA) is 35.5 Å². The maximum atomic E-state index is 11.9. The molecule has 88 valence electrons. The fraction of sp³-hybridized carbons (Fsp3) is 0.300. The molecule has 16 heavy (non-hydrogen) atoms. The van der Waals surface area contributed by atoms with E-state index >= 15 is 0 Å². The molecule has 0 unspecified atom stereocenters. The second-order valence-corrected chi connectivity index (χ2v) is 7.33. The maximum absolute atomic E-state index is 11.9. The van der Waals surface area contributed by atoms with Gasteiger partial charge >= 0.3 is 7.60 Å². The van der Waals surface area contributed by atoms with E-state index in [4.69, 9.17) is 21.3 Å². The Labute approximate surface area is 105 Å². The molecule has 0 aromatic heterocycles. The summed E-state index contributed by atoms with van der Waals surface area (Å²) >= 11 is 6.34. The third-order valence-electron chi connectivity index (χ3n) is 1.91. The van der Waals surface area contributed by atoms with E-state index in [1.54, 1.807) is 0 Å². The quantitative estimate of drug-likeness (QED) is 0.605. The van der Waals surface area contributed by atoms with Crippen LogP contribution in [0.25, 0.3) is 0 Å². The van der Waals surface area contributed by atoms with Gasteiger partial charge in [0.05, 0.1) is 0 Å². The highest BCUT2D eigenvalue weighted by atomic mass is 32.2. The number of rotatable bonds is 5. The Morgan fingerprint density at radius 2 is 1.88 bits per heavy atom. The van der Waals surface area contributed by atoms with Crippen LogP contribution in [0.1, 0.15) is 5.56 Å². The molecule has 1 rings (SSSR count). The molecule has 0 aliphatic rings. The highest BCUT2D eigenvalue weighted by Crippen LogP contribution is 2.52. The third-order valence-corrected chi connectivity index (χ3v) is 6.13. The van der Waals surface area contributed by atoms with E-state index in [0.29, 0.717) is 5.75 Å². The van der Waals surface area contributed by atoms with Crippen LogP contribution in [-0.2, 0) is 19.4 Å². The van der Waals surface area contributed by atoms with Crippen molar-refractivity contribution in [2.75, 3.05) is 14.2 Å². The molecular weight excluding hydrogens is 263 g/mol. The van der Waals surface area contributed by atoms with Crippen molar-refractivity contribution in [3.8, 4) is 0 Å². The monoisotopic (exact) mass is 276 g/mol. The Morgan fingerprint density at radius 1 is 1.31 bits per heavy atom. The molecule has 0 aliphatic heterocycles. The zero-order valence-corrected chi connectivity index (χ0v) is 11.6. The summed E-state index contributed by atoms with van der Waals surface area (Å²) in [7, 11) is -0.549. The van der Waals surface area contributed by atoms with Gasteiger partial charge in [0.25, 0.3) is 0 Å². The van der Waals surface area contributed by atoms with E-state index in [9.17, 15) is 4.57 Å². The van der Waals surface area contributed by atoms with E-state index in [0.717, 1.165) is 5.56 Å². The smallest absolute Gasteiger partial charge is 0.308 e. The predicted octanol–water partition coefficient (Wildman–Crippen LogP) is 3.69. The molecule has 0 heterocycles. The molecule has 0 atom stereocenters. The van der Waals surface area contributed by atoms with Crippen LogP contribution in [0.4, 0.5) is 0 Å². The molecule has 0 amide bonds. The first-order chi connectivity index (χ1) is 7.62. The maximum Gasteiger partial charge on any atom is 0.377 e. The van der Waals surface area contributed by atoms with Crippen LogP contribution >= 0.6 is 31.6 Å². The molecule has 0 radical (unpaired) electrons. The van der Waals surface area contributed by atoms with Crippen molar-refractivity contribution in [3.05, 3.63) is 35.9 Å². The largest absolute Gasteiger partial charge is 0.377 e. The minimum Gasteiger partial charge on any atom is -0.308 e. The minimum absolute atomic E-state index is 0.265. The van der Waals surface area contributed by atoms with Gasteiger partial charge in [0, 0.05) is 20.0 Å². The van der Waals surface area contributed by atoms with Crippen LogP contribution in [0.15, 0.2) is 30.3 Å². The lowest BCUT2D eigenvalue weighted by Gasteiger charge is -2.13. The first kappa shape index (κ1) is 13.9. The van der Waals surface area contributed by atoms with Crippen LogP contribution in [0.5, 0.6) is 0 Å². The summed E-state index contributed by atoms with van der Waals surface area (Å²) in [6.07, 6.45) is 0. The van der Waals surface area contributed by atoms with Crippen LogP contribution in [0, 0.1) is 0 Å². The molecule has 3 nitrogen and oxygen atoms in total. The zero-order valence-electron chi connectivity index (χ0n) is 9.08. The number of hydrogen-bond acceptors (Lipinski definition) is 5. The lowest BCUT2D eigenvalue weighted by molar-refractivity contribution is 0.291. The van der Waals surface area contributed by atoms with Crippen molar-refractivity contribution < 1.29 is 13.6 Å². The summed E-state index contributed by atoms with van der Waals surface area (Å²) in [6, 6.07) is 9.82. The number of benzene rings is 1. The second kappa shape index (κ2) is 6.52. The van der Waals surface area contributed by atoms with Gasteiger partial charge in [0.15, 0.2) is 3.94 Å². The van der Waals surface area contributed by atoms with E-state index in [2.05, 4.69) is 0 Å². The molecule has 6 heteroatoms. The van der Waals surface area contributed by atoms with Crippen molar-refractivity contribution in [2.24, 2.45) is 0 Å². The number of thiocarbonyl (C=S) groups is 1. The van der Waals surface area contributed by atoms with E-state index in [-0.39, 0.29) is 3.94 Å². The van der Waals surface area contributed by atoms with Gasteiger partial charge in [0.1, 0.15) is 0 Å². The zero-order chi connectivity index (χ0) is 12.0. The summed E-state index contributed by atoms with van der Waals surface area (Å²) in [4.78, 5) is 0. The van der Waals surface area contributed by atoms with Gasteiger partial charge in [-0.05, 0) is 5.56 Å². The van der Waals surface area contributed by atoms with E-state index in [1.165, 1.54) is 26.0 Å². The molecule has 0 N–H and O–H groups in total.